The van der Waals surface area contributed by atoms with Crippen LogP contribution >= 0.6 is 0 Å². The van der Waals surface area contributed by atoms with Gasteiger partial charge in [0.2, 0.25) is 0 Å². The van der Waals surface area contributed by atoms with Gasteiger partial charge in [0.1, 0.15) is 5.75 Å². The Morgan fingerprint density at radius 3 is 2.24 bits per heavy atom. The minimum atomic E-state index is -4.56. The predicted octanol–water partition coefficient (Wildman–Crippen LogP) is 5.18. The molecule has 29 heavy (non-hydrogen) atoms. The molecule has 1 unspecified atom stereocenters. The van der Waals surface area contributed by atoms with Crippen molar-refractivity contribution in [2.24, 2.45) is 0 Å². The maximum atomic E-state index is 12.8. The van der Waals surface area contributed by atoms with E-state index < -0.39 is 42.2 Å². The second kappa shape index (κ2) is 7.34. The van der Waals surface area contributed by atoms with Crippen molar-refractivity contribution in [1.82, 2.24) is 0 Å². The maximum Gasteiger partial charge on any atom is 0.422 e. The van der Waals surface area contributed by atoms with Crippen LogP contribution in [0.2, 0.25) is 0 Å². The molecular weight excluding hydrogens is 404 g/mol. The van der Waals surface area contributed by atoms with Gasteiger partial charge in [0.05, 0.1) is 11.6 Å². The summed E-state index contributed by atoms with van der Waals surface area (Å²) in [6, 6.07) is 8.23. The monoisotopic (exact) mass is 417 g/mol. The van der Waals surface area contributed by atoms with Crippen LogP contribution in [0.1, 0.15) is 17.2 Å². The topological polar surface area (TPSA) is 49.8 Å². The van der Waals surface area contributed by atoms with Crippen LogP contribution in [0.25, 0.3) is 0 Å². The molecule has 1 aliphatic rings. The first-order chi connectivity index (χ1) is 13.5. The molecule has 4 nitrogen and oxygen atoms in total. The van der Waals surface area contributed by atoms with Gasteiger partial charge in [0.15, 0.2) is 12.4 Å². The van der Waals surface area contributed by atoms with Crippen molar-refractivity contribution in [2.45, 2.75) is 18.4 Å². The molecule has 1 N–H and O–H groups in total. The number of ether oxygens (including phenoxy) is 1. The number of rotatable bonds is 4. The first kappa shape index (κ1) is 20.6. The Morgan fingerprint density at radius 2 is 1.66 bits per heavy atom. The van der Waals surface area contributed by atoms with Crippen LogP contribution in [-0.4, -0.2) is 23.8 Å². The summed E-state index contributed by atoms with van der Waals surface area (Å²) in [5, 5.41) is 9.83. The first-order valence-corrected chi connectivity index (χ1v) is 8.17. The molecule has 1 heterocycles. The molecule has 10 heteroatoms. The van der Waals surface area contributed by atoms with Gasteiger partial charge < -0.3 is 9.84 Å². The Hall–Kier alpha value is -3.17. The number of benzene rings is 2. The van der Waals surface area contributed by atoms with Crippen molar-refractivity contribution in [2.75, 3.05) is 11.5 Å². The van der Waals surface area contributed by atoms with E-state index in [0.717, 1.165) is 35.2 Å². The predicted molar refractivity (Wildman–Crippen MR) is 90.4 cm³/mol. The zero-order valence-corrected chi connectivity index (χ0v) is 14.5. The summed E-state index contributed by atoms with van der Waals surface area (Å²) >= 11 is 0. The summed E-state index contributed by atoms with van der Waals surface area (Å²) in [5.74, 6) is -1.59. The van der Waals surface area contributed by atoms with E-state index in [1.54, 1.807) is 0 Å². The quantitative estimate of drug-likeness (QED) is 0.698. The van der Waals surface area contributed by atoms with Crippen molar-refractivity contribution < 1.29 is 41.0 Å². The van der Waals surface area contributed by atoms with Crippen LogP contribution in [0.4, 0.5) is 32.0 Å². The molecule has 0 saturated heterocycles. The highest BCUT2D eigenvalue weighted by Crippen LogP contribution is 2.38. The highest BCUT2D eigenvalue weighted by Gasteiger charge is 2.36. The van der Waals surface area contributed by atoms with Gasteiger partial charge in [0, 0.05) is 5.69 Å². The van der Waals surface area contributed by atoms with Crippen molar-refractivity contribution in [1.29, 1.82) is 0 Å². The summed E-state index contributed by atoms with van der Waals surface area (Å²) in [5.41, 5.74) is -0.527. The van der Waals surface area contributed by atoms with Crippen LogP contribution in [0.3, 0.4) is 0 Å². The minimum absolute atomic E-state index is 0.0786. The molecule has 1 aliphatic heterocycles. The second-order valence-corrected chi connectivity index (χ2v) is 6.19. The largest absolute Gasteiger partial charge is 0.503 e. The smallest absolute Gasteiger partial charge is 0.422 e. The SMILES string of the molecule is O=C1C(O)=CC(c2cccc(OCC(F)(F)F)c2)N1c1ccc(C(F)(F)F)cc1. The molecule has 1 amide bonds. The third-order valence-corrected chi connectivity index (χ3v) is 4.11. The highest BCUT2D eigenvalue weighted by atomic mass is 19.4. The van der Waals surface area contributed by atoms with E-state index in [9.17, 15) is 36.2 Å². The molecule has 0 spiro atoms. The summed E-state index contributed by atoms with van der Waals surface area (Å²) < 4.78 is 80.0. The molecule has 0 saturated carbocycles. The van der Waals surface area contributed by atoms with E-state index in [0.29, 0.717) is 5.56 Å². The summed E-state index contributed by atoms with van der Waals surface area (Å²) in [4.78, 5) is 13.4. The molecule has 2 aromatic carbocycles. The zero-order chi connectivity index (χ0) is 21.4. The molecule has 0 aromatic heterocycles. The second-order valence-electron chi connectivity index (χ2n) is 6.19. The molecule has 2 aromatic rings. The van der Waals surface area contributed by atoms with Gasteiger partial charge in [-0.25, -0.2) is 0 Å². The number of nitrogens with zero attached hydrogens (tertiary/aromatic N) is 1. The van der Waals surface area contributed by atoms with Gasteiger partial charge in [-0.1, -0.05) is 12.1 Å². The number of amides is 1. The molecule has 1 atom stereocenters. The number of carbonyl (C=O) groups is 1. The van der Waals surface area contributed by atoms with Gasteiger partial charge >= 0.3 is 12.4 Å². The lowest BCUT2D eigenvalue weighted by molar-refractivity contribution is -0.153. The van der Waals surface area contributed by atoms with Crippen molar-refractivity contribution in [3.8, 4) is 5.75 Å². The molecule has 3 rings (SSSR count). The number of alkyl halides is 6. The molecular formula is C19H13F6NO3. The molecule has 154 valence electrons. The van der Waals surface area contributed by atoms with Crippen LogP contribution in [-0.2, 0) is 11.0 Å². The summed E-state index contributed by atoms with van der Waals surface area (Å²) in [6.07, 6.45) is -7.94. The standard InChI is InChI=1S/C19H13F6NO3/c20-18(21,22)10-29-14-3-1-2-11(8-14)15-9-16(27)17(28)26(15)13-6-4-12(5-7-13)19(23,24)25/h1-9,15,27H,10H2. The van der Waals surface area contributed by atoms with E-state index >= 15 is 0 Å². The van der Waals surface area contributed by atoms with Crippen LogP contribution < -0.4 is 9.64 Å². The van der Waals surface area contributed by atoms with E-state index in [1.165, 1.54) is 24.3 Å². The highest BCUT2D eigenvalue weighted by molar-refractivity contribution is 6.07. The van der Waals surface area contributed by atoms with E-state index in [2.05, 4.69) is 4.74 Å². The lowest BCUT2D eigenvalue weighted by Gasteiger charge is -2.25. The van der Waals surface area contributed by atoms with Crippen LogP contribution in [0.15, 0.2) is 60.4 Å². The summed E-state index contributed by atoms with van der Waals surface area (Å²) in [7, 11) is 0. The third kappa shape index (κ3) is 4.64. The first-order valence-electron chi connectivity index (χ1n) is 8.17. The van der Waals surface area contributed by atoms with Crippen molar-refractivity contribution >= 4 is 11.6 Å². The Morgan fingerprint density at radius 1 is 1.00 bits per heavy atom. The van der Waals surface area contributed by atoms with Crippen molar-refractivity contribution in [3.63, 3.8) is 0 Å². The van der Waals surface area contributed by atoms with Gasteiger partial charge in [-0.15, -0.1) is 0 Å². The maximum absolute atomic E-state index is 12.8. The normalized spacial score (nSPS) is 17.4. The molecule has 0 radical (unpaired) electrons. The average Bonchev–Trinajstić information content (AvgIpc) is 2.94. The Kier molecular flexibility index (Phi) is 5.20. The van der Waals surface area contributed by atoms with Crippen LogP contribution in [0, 0.1) is 0 Å². The number of halogens is 6. The van der Waals surface area contributed by atoms with E-state index in [4.69, 9.17) is 0 Å². The number of anilines is 1. The molecule has 0 bridgehead atoms. The number of aliphatic hydroxyl groups excluding tert-OH is 1. The Balaban J connectivity index is 1.90. The number of carbonyl (C=O) groups excluding carboxylic acids is 1. The fraction of sp³-hybridized carbons (Fsp3) is 0.211. The lowest BCUT2D eigenvalue weighted by Crippen LogP contribution is -2.29. The average molecular weight is 417 g/mol. The summed E-state index contributed by atoms with van der Waals surface area (Å²) in [6.45, 7) is -1.51. The fourth-order valence-electron chi connectivity index (χ4n) is 2.83. The van der Waals surface area contributed by atoms with Gasteiger partial charge in [0.25, 0.3) is 5.91 Å². The lowest BCUT2D eigenvalue weighted by atomic mass is 10.1. The Labute approximate surface area is 160 Å². The molecule has 0 aliphatic carbocycles. The number of hydrogen-bond acceptors (Lipinski definition) is 3. The van der Waals surface area contributed by atoms with Gasteiger partial charge in [-0.05, 0) is 48.0 Å². The number of aliphatic hydroxyl groups is 1. The minimum Gasteiger partial charge on any atom is -0.503 e. The zero-order valence-electron chi connectivity index (χ0n) is 14.5. The van der Waals surface area contributed by atoms with Gasteiger partial charge in [-0.3, -0.25) is 9.69 Å². The van der Waals surface area contributed by atoms with E-state index in [-0.39, 0.29) is 11.4 Å². The third-order valence-electron chi connectivity index (χ3n) is 4.11. The van der Waals surface area contributed by atoms with Gasteiger partial charge in [-0.2, -0.15) is 26.3 Å². The fourth-order valence-corrected chi connectivity index (χ4v) is 2.83. The number of hydrogen-bond donors (Lipinski definition) is 1. The Bertz CT molecular complexity index is 934. The van der Waals surface area contributed by atoms with E-state index in [1.807, 2.05) is 0 Å². The molecule has 0 fully saturated rings. The van der Waals surface area contributed by atoms with Crippen LogP contribution in [0.5, 0.6) is 5.75 Å². The van der Waals surface area contributed by atoms with Crippen molar-refractivity contribution in [3.05, 3.63) is 71.5 Å².